The van der Waals surface area contributed by atoms with E-state index in [2.05, 4.69) is 34.0 Å². The molecule has 1 atom stereocenters. The molecule has 0 saturated carbocycles. The largest absolute Gasteiger partial charge is 0.383 e. The fraction of sp³-hybridized carbons (Fsp3) is 0.440. The fourth-order valence-electron chi connectivity index (χ4n) is 3.94. The zero-order valence-electron chi connectivity index (χ0n) is 19.5. The number of methoxy groups -OCH3 is 1. The lowest BCUT2D eigenvalue weighted by Crippen LogP contribution is -2.38. The molecule has 4 rings (SSSR count). The molecule has 0 unspecified atom stereocenters. The van der Waals surface area contributed by atoms with E-state index in [-0.39, 0.29) is 12.0 Å². The Bertz CT molecular complexity index is 1090. The van der Waals surface area contributed by atoms with Crippen molar-refractivity contribution in [3.63, 3.8) is 0 Å². The van der Waals surface area contributed by atoms with Crippen LogP contribution < -0.4 is 5.32 Å². The molecule has 1 aliphatic rings. The highest BCUT2D eigenvalue weighted by Crippen LogP contribution is 2.26. The summed E-state index contributed by atoms with van der Waals surface area (Å²) in [6.45, 7) is 7.93. The van der Waals surface area contributed by atoms with Crippen molar-refractivity contribution in [2.75, 3.05) is 40.0 Å². The van der Waals surface area contributed by atoms with Gasteiger partial charge in [-0.15, -0.1) is 0 Å². The number of pyridine rings is 1. The molecule has 1 aliphatic heterocycles. The molecular formula is C25H31N5O3. The number of hydrogen-bond acceptors (Lipinski definition) is 7. The lowest BCUT2D eigenvalue weighted by Gasteiger charge is -2.32. The third-order valence-electron chi connectivity index (χ3n) is 5.70. The van der Waals surface area contributed by atoms with Gasteiger partial charge >= 0.3 is 0 Å². The van der Waals surface area contributed by atoms with E-state index in [1.54, 1.807) is 7.11 Å². The standard InChI is InChI=1S/C25H31N5O3/c1-17(2)24-27-13-18(14-28-24)15-30-9-11-33-23(16-30)22-12-20(25(31)26-8-10-32-3)19-6-4-5-7-21(19)29-22/h4-7,12-14,17,23H,8-11,15-16H2,1-3H3,(H,26,31)/t23-/m0/s1. The molecule has 1 saturated heterocycles. The highest BCUT2D eigenvalue weighted by atomic mass is 16.5. The number of nitrogens with one attached hydrogen (secondary N) is 1. The number of morpholine rings is 1. The van der Waals surface area contributed by atoms with Gasteiger partial charge in [-0.1, -0.05) is 32.0 Å². The van der Waals surface area contributed by atoms with Crippen LogP contribution in [0.4, 0.5) is 0 Å². The molecule has 3 heterocycles. The van der Waals surface area contributed by atoms with Crippen molar-refractivity contribution in [2.45, 2.75) is 32.4 Å². The maximum atomic E-state index is 12.9. The van der Waals surface area contributed by atoms with Crippen LogP contribution in [0.15, 0.2) is 42.7 Å². The summed E-state index contributed by atoms with van der Waals surface area (Å²) in [5, 5.41) is 3.74. The molecule has 8 nitrogen and oxygen atoms in total. The average Bonchev–Trinajstić information content (AvgIpc) is 2.84. The van der Waals surface area contributed by atoms with Crippen LogP contribution in [0.25, 0.3) is 10.9 Å². The first-order chi connectivity index (χ1) is 16.0. The molecule has 1 N–H and O–H groups in total. The van der Waals surface area contributed by atoms with Gasteiger partial charge in [0, 0.05) is 62.6 Å². The molecule has 0 spiro atoms. The summed E-state index contributed by atoms with van der Waals surface area (Å²) in [6.07, 6.45) is 3.59. The minimum absolute atomic E-state index is 0.137. The van der Waals surface area contributed by atoms with Crippen molar-refractivity contribution < 1.29 is 14.3 Å². The second kappa shape index (κ2) is 10.8. The summed E-state index contributed by atoms with van der Waals surface area (Å²) >= 11 is 0. The van der Waals surface area contributed by atoms with Crippen LogP contribution in [0.2, 0.25) is 0 Å². The van der Waals surface area contributed by atoms with E-state index >= 15 is 0 Å². The summed E-state index contributed by atoms with van der Waals surface area (Å²) in [7, 11) is 1.61. The van der Waals surface area contributed by atoms with Crippen LogP contribution >= 0.6 is 0 Å². The van der Waals surface area contributed by atoms with Gasteiger partial charge in [0.2, 0.25) is 0 Å². The van der Waals surface area contributed by atoms with E-state index in [0.717, 1.165) is 41.1 Å². The van der Waals surface area contributed by atoms with Crippen LogP contribution in [0, 0.1) is 0 Å². The molecule has 1 aromatic carbocycles. The monoisotopic (exact) mass is 449 g/mol. The Morgan fingerprint density at radius 3 is 2.82 bits per heavy atom. The Labute approximate surface area is 194 Å². The summed E-state index contributed by atoms with van der Waals surface area (Å²) in [4.78, 5) is 29.0. The van der Waals surface area contributed by atoms with E-state index in [4.69, 9.17) is 14.5 Å². The van der Waals surface area contributed by atoms with Crippen molar-refractivity contribution in [2.24, 2.45) is 0 Å². The molecule has 3 aromatic rings. The Kier molecular flexibility index (Phi) is 7.59. The second-order valence-electron chi connectivity index (χ2n) is 8.56. The maximum Gasteiger partial charge on any atom is 0.252 e. The average molecular weight is 450 g/mol. The van der Waals surface area contributed by atoms with Crippen molar-refractivity contribution in [1.29, 1.82) is 0 Å². The first-order valence-electron chi connectivity index (χ1n) is 11.4. The summed E-state index contributed by atoms with van der Waals surface area (Å²) in [5.41, 5.74) is 3.22. The van der Waals surface area contributed by atoms with Gasteiger partial charge in [0.25, 0.3) is 5.91 Å². The first-order valence-corrected chi connectivity index (χ1v) is 11.4. The van der Waals surface area contributed by atoms with Crippen LogP contribution in [0.1, 0.15) is 53.3 Å². The number of hydrogen-bond donors (Lipinski definition) is 1. The number of benzene rings is 1. The van der Waals surface area contributed by atoms with E-state index in [1.165, 1.54) is 0 Å². The van der Waals surface area contributed by atoms with Crippen LogP contribution in [-0.2, 0) is 16.0 Å². The molecule has 33 heavy (non-hydrogen) atoms. The van der Waals surface area contributed by atoms with Crippen molar-refractivity contribution in [1.82, 2.24) is 25.2 Å². The zero-order chi connectivity index (χ0) is 23.2. The van der Waals surface area contributed by atoms with Gasteiger partial charge in [0.1, 0.15) is 11.9 Å². The SMILES string of the molecule is COCCNC(=O)c1cc([C@@H]2CN(Cc3cnc(C(C)C)nc3)CCO2)nc2ccccc12. The third kappa shape index (κ3) is 5.71. The lowest BCUT2D eigenvalue weighted by atomic mass is 10.0. The molecule has 174 valence electrons. The Morgan fingerprint density at radius 2 is 2.06 bits per heavy atom. The van der Waals surface area contributed by atoms with Gasteiger partial charge in [-0.3, -0.25) is 9.69 Å². The molecule has 0 radical (unpaired) electrons. The number of para-hydroxylation sites is 1. The quantitative estimate of drug-likeness (QED) is 0.529. The summed E-state index contributed by atoms with van der Waals surface area (Å²) in [6, 6.07) is 9.56. The number of carbonyl (C=O) groups is 1. The van der Waals surface area contributed by atoms with E-state index in [0.29, 0.717) is 37.8 Å². The first kappa shape index (κ1) is 23.2. The van der Waals surface area contributed by atoms with E-state index in [9.17, 15) is 4.79 Å². The van der Waals surface area contributed by atoms with Gasteiger partial charge in [-0.2, -0.15) is 0 Å². The van der Waals surface area contributed by atoms with Crippen LogP contribution in [0.5, 0.6) is 0 Å². The van der Waals surface area contributed by atoms with Gasteiger partial charge in [0.05, 0.1) is 30.0 Å². The normalized spacial score (nSPS) is 16.9. The third-order valence-corrected chi connectivity index (χ3v) is 5.70. The van der Waals surface area contributed by atoms with Crippen molar-refractivity contribution in [3.8, 4) is 0 Å². The highest BCUT2D eigenvalue weighted by molar-refractivity contribution is 6.06. The smallest absolute Gasteiger partial charge is 0.252 e. The maximum absolute atomic E-state index is 12.9. The van der Waals surface area contributed by atoms with Crippen molar-refractivity contribution >= 4 is 16.8 Å². The molecule has 0 aliphatic carbocycles. The molecule has 8 heteroatoms. The minimum Gasteiger partial charge on any atom is -0.383 e. The Morgan fingerprint density at radius 1 is 1.27 bits per heavy atom. The molecule has 1 amide bonds. The van der Waals surface area contributed by atoms with Crippen LogP contribution in [-0.4, -0.2) is 65.7 Å². The fourth-order valence-corrected chi connectivity index (χ4v) is 3.94. The summed E-state index contributed by atoms with van der Waals surface area (Å²) in [5.74, 6) is 1.03. The molecule has 1 fully saturated rings. The number of amides is 1. The zero-order valence-corrected chi connectivity index (χ0v) is 19.5. The van der Waals surface area contributed by atoms with E-state index < -0.39 is 0 Å². The predicted molar refractivity (Wildman–Crippen MR) is 126 cm³/mol. The molecule has 0 bridgehead atoms. The number of aromatic nitrogens is 3. The Hall–Kier alpha value is -2.94. The minimum atomic E-state index is -0.218. The Balaban J connectivity index is 1.53. The van der Waals surface area contributed by atoms with Gasteiger partial charge < -0.3 is 14.8 Å². The number of fused-ring (bicyclic) bond motifs is 1. The number of rotatable bonds is 8. The van der Waals surface area contributed by atoms with E-state index in [1.807, 2.05) is 42.7 Å². The highest BCUT2D eigenvalue weighted by Gasteiger charge is 2.25. The molecule has 2 aromatic heterocycles. The summed E-state index contributed by atoms with van der Waals surface area (Å²) < 4.78 is 11.1. The number of carbonyl (C=O) groups excluding carboxylic acids is 1. The topological polar surface area (TPSA) is 89.5 Å². The van der Waals surface area contributed by atoms with Gasteiger partial charge in [-0.05, 0) is 12.1 Å². The molecular weight excluding hydrogens is 418 g/mol. The lowest BCUT2D eigenvalue weighted by molar-refractivity contribution is -0.0349. The number of nitrogens with zero attached hydrogens (tertiary/aromatic N) is 4. The van der Waals surface area contributed by atoms with Gasteiger partial charge in [-0.25, -0.2) is 15.0 Å². The van der Waals surface area contributed by atoms with Crippen LogP contribution in [0.3, 0.4) is 0 Å². The van der Waals surface area contributed by atoms with Gasteiger partial charge in [0.15, 0.2) is 0 Å². The van der Waals surface area contributed by atoms with Crippen molar-refractivity contribution in [3.05, 3.63) is 65.4 Å². The number of ether oxygens (including phenoxy) is 2. The predicted octanol–water partition coefficient (Wildman–Crippen LogP) is 3.10. The second-order valence-corrected chi connectivity index (χ2v) is 8.56.